The highest BCUT2D eigenvalue weighted by molar-refractivity contribution is 5.74. The molecule has 7 heteroatoms. The molecule has 4 rings (SSSR count). The molecule has 0 saturated carbocycles. The monoisotopic (exact) mass is 538 g/mol. The zero-order chi connectivity index (χ0) is 28.3. The zero-order valence-electron chi connectivity index (χ0n) is 22.3. The van der Waals surface area contributed by atoms with Crippen LogP contribution in [-0.4, -0.2) is 17.0 Å². The highest BCUT2D eigenvalue weighted by atomic mass is 16.5. The molecule has 0 fully saturated rings. The first kappa shape index (κ1) is 28.1. The third kappa shape index (κ3) is 8.31. The van der Waals surface area contributed by atoms with Gasteiger partial charge in [-0.3, -0.25) is 9.59 Å². The number of aliphatic hydroxyl groups is 1. The summed E-state index contributed by atoms with van der Waals surface area (Å²) in [6, 6.07) is 29.5. The van der Waals surface area contributed by atoms with Gasteiger partial charge in [0.1, 0.15) is 42.3 Å². The van der Waals surface area contributed by atoms with Gasteiger partial charge in [0.15, 0.2) is 0 Å². The molecule has 204 valence electrons. The Hall–Kier alpha value is -4.88. The van der Waals surface area contributed by atoms with Crippen LogP contribution in [0.2, 0.25) is 0 Å². The van der Waals surface area contributed by atoms with Gasteiger partial charge in [-0.2, -0.15) is 0 Å². The fourth-order valence-electron chi connectivity index (χ4n) is 3.87. The molecular formula is C33H30O7. The van der Waals surface area contributed by atoms with Gasteiger partial charge >= 0.3 is 11.9 Å². The Bertz CT molecular complexity index is 1460. The van der Waals surface area contributed by atoms with E-state index in [1.165, 1.54) is 19.9 Å². The van der Waals surface area contributed by atoms with Crippen molar-refractivity contribution in [2.24, 2.45) is 0 Å². The van der Waals surface area contributed by atoms with E-state index >= 15 is 0 Å². The number of carbonyl (C=O) groups is 2. The average Bonchev–Trinajstić information content (AvgIpc) is 2.95. The van der Waals surface area contributed by atoms with E-state index in [4.69, 9.17) is 18.9 Å². The van der Waals surface area contributed by atoms with Crippen LogP contribution in [0.5, 0.6) is 23.0 Å². The Morgan fingerprint density at radius 2 is 1.27 bits per heavy atom. The van der Waals surface area contributed by atoms with Gasteiger partial charge in [0.05, 0.1) is 0 Å². The first-order valence-corrected chi connectivity index (χ1v) is 12.7. The summed E-state index contributed by atoms with van der Waals surface area (Å²) < 4.78 is 22.5. The molecule has 4 aromatic rings. The van der Waals surface area contributed by atoms with Crippen molar-refractivity contribution < 1.29 is 33.6 Å². The molecule has 4 aromatic carbocycles. The van der Waals surface area contributed by atoms with E-state index in [0.717, 1.165) is 11.1 Å². The van der Waals surface area contributed by atoms with Crippen LogP contribution in [-0.2, 0) is 22.8 Å². The molecule has 0 aromatic heterocycles. The van der Waals surface area contributed by atoms with E-state index in [0.29, 0.717) is 35.8 Å². The fraction of sp³-hybridized carbons (Fsp3) is 0.152. The lowest BCUT2D eigenvalue weighted by Gasteiger charge is -2.16. The predicted octanol–water partition coefficient (Wildman–Crippen LogP) is 6.44. The van der Waals surface area contributed by atoms with Crippen LogP contribution in [0.15, 0.2) is 103 Å². The molecule has 40 heavy (non-hydrogen) atoms. The maximum absolute atomic E-state index is 11.6. The van der Waals surface area contributed by atoms with Crippen molar-refractivity contribution in [2.45, 2.75) is 33.2 Å². The quantitative estimate of drug-likeness (QED) is 0.174. The van der Waals surface area contributed by atoms with Gasteiger partial charge in [-0.1, -0.05) is 72.8 Å². The highest BCUT2D eigenvalue weighted by Crippen LogP contribution is 2.33. The van der Waals surface area contributed by atoms with E-state index in [1.807, 2.05) is 60.7 Å². The minimum Gasteiger partial charge on any atom is -0.489 e. The van der Waals surface area contributed by atoms with Crippen molar-refractivity contribution in [3.05, 3.63) is 125 Å². The van der Waals surface area contributed by atoms with Crippen molar-refractivity contribution in [3.63, 3.8) is 0 Å². The minimum absolute atomic E-state index is 0.194. The summed E-state index contributed by atoms with van der Waals surface area (Å²) in [7, 11) is 0. The lowest BCUT2D eigenvalue weighted by atomic mass is 10.1. The first-order chi connectivity index (χ1) is 19.4. The Labute approximate surface area is 233 Å². The number of benzene rings is 4. The molecule has 1 atom stereocenters. The van der Waals surface area contributed by atoms with E-state index in [-0.39, 0.29) is 11.5 Å². The smallest absolute Gasteiger partial charge is 0.308 e. The summed E-state index contributed by atoms with van der Waals surface area (Å²) in [6.07, 6.45) is 2.14. The first-order valence-electron chi connectivity index (χ1n) is 12.7. The van der Waals surface area contributed by atoms with Crippen molar-refractivity contribution in [3.8, 4) is 23.0 Å². The van der Waals surface area contributed by atoms with E-state index < -0.39 is 18.0 Å². The van der Waals surface area contributed by atoms with Crippen LogP contribution >= 0.6 is 0 Å². The second-order valence-electron chi connectivity index (χ2n) is 8.94. The third-order valence-corrected chi connectivity index (χ3v) is 5.75. The number of hydrogen-bond donors (Lipinski definition) is 1. The summed E-state index contributed by atoms with van der Waals surface area (Å²) in [5.41, 5.74) is 3.06. The standard InChI is InChI=1S/C33H30O7/c1-23(34)39-29-15-13-27(32(20-29)40-24(2)35)14-18-31(36)30-17-16-28(37-21-25-9-5-3-6-10-25)19-33(30)38-22-26-11-7-4-8-12-26/h3-20,31,36H,21-22H2,1-2H3. The highest BCUT2D eigenvalue weighted by Gasteiger charge is 2.15. The average molecular weight is 539 g/mol. The fourth-order valence-corrected chi connectivity index (χ4v) is 3.87. The molecule has 0 heterocycles. The Kier molecular flexibility index (Phi) is 9.69. The Morgan fingerprint density at radius 1 is 0.700 bits per heavy atom. The van der Waals surface area contributed by atoms with Crippen molar-refractivity contribution in [1.29, 1.82) is 0 Å². The minimum atomic E-state index is -1.05. The summed E-state index contributed by atoms with van der Waals surface area (Å²) in [6.45, 7) is 3.26. The van der Waals surface area contributed by atoms with Crippen LogP contribution in [0.25, 0.3) is 6.08 Å². The molecule has 0 saturated heterocycles. The van der Waals surface area contributed by atoms with Crippen molar-refractivity contribution in [1.82, 2.24) is 0 Å². The van der Waals surface area contributed by atoms with Crippen molar-refractivity contribution in [2.75, 3.05) is 0 Å². The maximum Gasteiger partial charge on any atom is 0.308 e. The largest absolute Gasteiger partial charge is 0.489 e. The van der Waals surface area contributed by atoms with Crippen LogP contribution < -0.4 is 18.9 Å². The predicted molar refractivity (Wildman–Crippen MR) is 151 cm³/mol. The number of hydrogen-bond acceptors (Lipinski definition) is 7. The second kappa shape index (κ2) is 13.8. The SMILES string of the molecule is CC(=O)Oc1ccc(C=CC(O)c2ccc(OCc3ccccc3)cc2OCc2ccccc2)c(OC(C)=O)c1. The van der Waals surface area contributed by atoms with Gasteiger partial charge in [-0.25, -0.2) is 0 Å². The molecule has 0 radical (unpaired) electrons. The van der Waals surface area contributed by atoms with Gasteiger partial charge in [0, 0.05) is 37.1 Å². The Morgan fingerprint density at radius 3 is 1.90 bits per heavy atom. The number of ether oxygens (including phenoxy) is 4. The third-order valence-electron chi connectivity index (χ3n) is 5.75. The molecule has 0 aliphatic heterocycles. The normalized spacial score (nSPS) is 11.6. The number of esters is 2. The zero-order valence-corrected chi connectivity index (χ0v) is 22.3. The van der Waals surface area contributed by atoms with E-state index in [1.54, 1.807) is 42.5 Å². The molecule has 0 aliphatic carbocycles. The molecular weight excluding hydrogens is 508 g/mol. The van der Waals surface area contributed by atoms with E-state index in [9.17, 15) is 14.7 Å². The summed E-state index contributed by atoms with van der Waals surface area (Å²) in [5, 5.41) is 11.1. The van der Waals surface area contributed by atoms with Gasteiger partial charge in [0.2, 0.25) is 0 Å². The maximum atomic E-state index is 11.6. The number of rotatable bonds is 11. The lowest BCUT2D eigenvalue weighted by molar-refractivity contribution is -0.132. The molecule has 7 nitrogen and oxygen atoms in total. The number of aliphatic hydroxyl groups excluding tert-OH is 1. The summed E-state index contributed by atoms with van der Waals surface area (Å²) in [4.78, 5) is 23.0. The second-order valence-corrected chi connectivity index (χ2v) is 8.94. The van der Waals surface area contributed by atoms with Crippen LogP contribution in [0.1, 0.15) is 42.2 Å². The molecule has 0 bridgehead atoms. The van der Waals surface area contributed by atoms with Gasteiger partial charge in [-0.05, 0) is 35.4 Å². The molecule has 0 amide bonds. The number of carbonyl (C=O) groups excluding carboxylic acids is 2. The van der Waals surface area contributed by atoms with E-state index in [2.05, 4.69) is 0 Å². The molecule has 0 aliphatic rings. The van der Waals surface area contributed by atoms with Crippen LogP contribution in [0.4, 0.5) is 0 Å². The summed E-state index contributed by atoms with van der Waals surface area (Å²) >= 11 is 0. The van der Waals surface area contributed by atoms with Crippen LogP contribution in [0.3, 0.4) is 0 Å². The van der Waals surface area contributed by atoms with Gasteiger partial charge in [0.25, 0.3) is 0 Å². The molecule has 0 spiro atoms. The van der Waals surface area contributed by atoms with Gasteiger partial charge < -0.3 is 24.1 Å². The summed E-state index contributed by atoms with van der Waals surface area (Å²) in [5.74, 6) is 0.482. The molecule has 1 N–H and O–H groups in total. The topological polar surface area (TPSA) is 91.3 Å². The van der Waals surface area contributed by atoms with Crippen molar-refractivity contribution >= 4 is 18.0 Å². The lowest BCUT2D eigenvalue weighted by Crippen LogP contribution is -2.05. The van der Waals surface area contributed by atoms with Gasteiger partial charge in [-0.15, -0.1) is 0 Å². The van der Waals surface area contributed by atoms with Crippen LogP contribution in [0, 0.1) is 0 Å². The molecule has 1 unspecified atom stereocenters. The Balaban J connectivity index is 1.57.